The van der Waals surface area contributed by atoms with Crippen LogP contribution in [0.1, 0.15) is 0 Å². The molecule has 0 aromatic heterocycles. The summed E-state index contributed by atoms with van der Waals surface area (Å²) >= 11 is -2.87. The van der Waals surface area contributed by atoms with Crippen molar-refractivity contribution < 1.29 is 22.6 Å². The van der Waals surface area contributed by atoms with Gasteiger partial charge in [0.2, 0.25) is 0 Å². The van der Waals surface area contributed by atoms with E-state index in [1.54, 1.807) is 0 Å². The Hall–Kier alpha value is -0.700. The van der Waals surface area contributed by atoms with E-state index in [4.69, 9.17) is 0 Å². The molecule has 8 heteroatoms. The SMILES string of the molecule is COC(=O)N(N)OS(=O)[O-]. The normalized spacial score (nSPS) is 12.3. The molecule has 60 valence electrons. The van der Waals surface area contributed by atoms with Gasteiger partial charge >= 0.3 is 6.09 Å². The third-order valence-electron chi connectivity index (χ3n) is 0.496. The number of ether oxygens (including phenoxy) is 1. The summed E-state index contributed by atoms with van der Waals surface area (Å²) in [6.45, 7) is 0. The van der Waals surface area contributed by atoms with Crippen molar-refractivity contribution in [2.45, 2.75) is 0 Å². The average molecular weight is 169 g/mol. The van der Waals surface area contributed by atoms with E-state index in [0.717, 1.165) is 7.11 Å². The van der Waals surface area contributed by atoms with Gasteiger partial charge in [0.15, 0.2) is 0 Å². The zero-order chi connectivity index (χ0) is 8.15. The van der Waals surface area contributed by atoms with Crippen LogP contribution in [0, 0.1) is 0 Å². The number of hydrogen-bond acceptors (Lipinski definition) is 6. The van der Waals surface area contributed by atoms with Gasteiger partial charge in [0, 0.05) is 0 Å². The highest BCUT2D eigenvalue weighted by molar-refractivity contribution is 7.74. The van der Waals surface area contributed by atoms with Gasteiger partial charge in [0.25, 0.3) is 0 Å². The maximum Gasteiger partial charge on any atom is 0.450 e. The van der Waals surface area contributed by atoms with Crippen molar-refractivity contribution in [3.8, 4) is 0 Å². The molecule has 0 aliphatic heterocycles. The number of rotatable bonds is 2. The molecule has 1 atom stereocenters. The van der Waals surface area contributed by atoms with E-state index in [-0.39, 0.29) is 5.17 Å². The number of amides is 1. The number of nitrogens with two attached hydrogens (primary N) is 1. The number of hydrazine groups is 1. The first kappa shape index (κ1) is 9.30. The maximum absolute atomic E-state index is 10.2. The summed E-state index contributed by atoms with van der Waals surface area (Å²) in [5, 5.41) is -0.0525. The second-order valence-corrected chi connectivity index (χ2v) is 1.63. The average Bonchev–Trinajstić information content (AvgIpc) is 1.85. The van der Waals surface area contributed by atoms with Gasteiger partial charge in [0.05, 0.1) is 7.11 Å². The lowest BCUT2D eigenvalue weighted by atomic mass is 11.2. The van der Waals surface area contributed by atoms with E-state index in [0.29, 0.717) is 0 Å². The van der Waals surface area contributed by atoms with Gasteiger partial charge in [-0.2, -0.15) is 4.28 Å². The summed E-state index contributed by atoms with van der Waals surface area (Å²) in [6, 6.07) is 0. The molecule has 2 N–H and O–H groups in total. The lowest BCUT2D eigenvalue weighted by Gasteiger charge is -2.13. The van der Waals surface area contributed by atoms with Gasteiger partial charge in [-0.3, -0.25) is 0 Å². The smallest absolute Gasteiger partial charge is 0.450 e. The summed E-state index contributed by atoms with van der Waals surface area (Å²) < 4.78 is 27.0. The first-order valence-corrected chi connectivity index (χ1v) is 2.98. The molecule has 0 saturated carbocycles. The van der Waals surface area contributed by atoms with Crippen LogP contribution in [-0.2, 0) is 20.4 Å². The van der Waals surface area contributed by atoms with Crippen LogP contribution >= 0.6 is 0 Å². The van der Waals surface area contributed by atoms with E-state index in [9.17, 15) is 13.6 Å². The van der Waals surface area contributed by atoms with Gasteiger partial charge in [-0.1, -0.05) is 0 Å². The number of hydrogen-bond donors (Lipinski definition) is 1. The molecule has 0 rings (SSSR count). The maximum atomic E-state index is 10.2. The van der Waals surface area contributed by atoms with Crippen LogP contribution in [0.15, 0.2) is 0 Å². The van der Waals surface area contributed by atoms with Crippen molar-refractivity contribution in [3.63, 3.8) is 0 Å². The standard InChI is InChI=1S/C2H6N2O5S/c1-8-2(5)4(3)9-10(6)7/h3H2,1H3,(H,6,7)/p-1. The summed E-state index contributed by atoms with van der Waals surface area (Å²) in [7, 11) is 1.03. The molecule has 0 bridgehead atoms. The molecule has 0 radical (unpaired) electrons. The molecule has 7 nitrogen and oxygen atoms in total. The van der Waals surface area contributed by atoms with Gasteiger partial charge in [-0.05, 0) is 0 Å². The van der Waals surface area contributed by atoms with Crippen LogP contribution in [0.3, 0.4) is 0 Å². The Bertz CT molecular complexity index is 149. The molecule has 0 fully saturated rings. The fraction of sp³-hybridized carbons (Fsp3) is 0.500. The van der Waals surface area contributed by atoms with Crippen molar-refractivity contribution in [1.82, 2.24) is 5.17 Å². The molecule has 10 heavy (non-hydrogen) atoms. The fourth-order valence-electron chi connectivity index (χ4n) is 0.186. The Morgan fingerprint density at radius 2 is 2.30 bits per heavy atom. The van der Waals surface area contributed by atoms with E-state index < -0.39 is 17.5 Å². The molecular formula is C2H5N2O5S-. The Morgan fingerprint density at radius 1 is 1.80 bits per heavy atom. The van der Waals surface area contributed by atoms with Crippen molar-refractivity contribution >= 4 is 17.5 Å². The van der Waals surface area contributed by atoms with Gasteiger partial charge in [-0.15, -0.1) is 5.17 Å². The molecule has 0 aliphatic carbocycles. The fourth-order valence-corrected chi connectivity index (χ4v) is 0.378. The molecule has 0 aromatic carbocycles. The molecule has 0 aromatic rings. The number of carbonyl (C=O) groups is 1. The number of methoxy groups -OCH3 is 1. The highest BCUT2D eigenvalue weighted by atomic mass is 32.2. The van der Waals surface area contributed by atoms with Crippen molar-refractivity contribution in [3.05, 3.63) is 0 Å². The predicted octanol–water partition coefficient (Wildman–Crippen LogP) is -1.35. The highest BCUT2D eigenvalue weighted by Crippen LogP contribution is 1.87. The molecule has 0 spiro atoms. The van der Waals surface area contributed by atoms with E-state index in [1.807, 2.05) is 0 Å². The second-order valence-electron chi connectivity index (χ2n) is 1.07. The summed E-state index contributed by atoms with van der Waals surface area (Å²) in [4.78, 5) is 10.2. The van der Waals surface area contributed by atoms with Crippen LogP contribution in [0.4, 0.5) is 4.79 Å². The first-order chi connectivity index (χ1) is 4.57. The Balaban J connectivity index is 3.72. The largest absolute Gasteiger partial charge is 0.748 e. The van der Waals surface area contributed by atoms with E-state index in [2.05, 4.69) is 14.9 Å². The zero-order valence-electron chi connectivity index (χ0n) is 4.97. The third kappa shape index (κ3) is 3.35. The second kappa shape index (κ2) is 4.17. The minimum Gasteiger partial charge on any atom is -0.748 e. The molecule has 0 aliphatic rings. The van der Waals surface area contributed by atoms with Crippen molar-refractivity contribution in [2.24, 2.45) is 5.84 Å². The number of nitrogens with zero attached hydrogens (tertiary/aromatic N) is 1. The number of carbonyl (C=O) groups excluding carboxylic acids is 1. The van der Waals surface area contributed by atoms with Gasteiger partial charge in [0.1, 0.15) is 11.4 Å². The van der Waals surface area contributed by atoms with Crippen molar-refractivity contribution in [2.75, 3.05) is 7.11 Å². The van der Waals surface area contributed by atoms with Gasteiger partial charge in [-0.25, -0.2) is 14.8 Å². The van der Waals surface area contributed by atoms with Crippen LogP contribution < -0.4 is 5.84 Å². The summed E-state index contributed by atoms with van der Waals surface area (Å²) in [6.07, 6.45) is -1.11. The van der Waals surface area contributed by atoms with Gasteiger partial charge < -0.3 is 9.29 Å². The molecule has 1 amide bonds. The lowest BCUT2D eigenvalue weighted by molar-refractivity contribution is -0.0397. The zero-order valence-corrected chi connectivity index (χ0v) is 5.79. The number of hydroxylamine groups is 1. The minimum absolute atomic E-state index is 0.0525. The summed E-state index contributed by atoms with van der Waals surface area (Å²) in [5.74, 6) is 4.67. The highest BCUT2D eigenvalue weighted by Gasteiger charge is 2.08. The predicted molar refractivity (Wildman–Crippen MR) is 28.4 cm³/mol. The quantitative estimate of drug-likeness (QED) is 0.237. The first-order valence-electron chi connectivity index (χ1n) is 1.98. The molecule has 1 unspecified atom stereocenters. The molecular weight excluding hydrogens is 164 g/mol. The molecule has 0 saturated heterocycles. The molecule has 0 heterocycles. The Morgan fingerprint density at radius 3 is 2.60 bits per heavy atom. The van der Waals surface area contributed by atoms with Crippen LogP contribution in [0.5, 0.6) is 0 Å². The van der Waals surface area contributed by atoms with Crippen molar-refractivity contribution in [1.29, 1.82) is 0 Å². The minimum atomic E-state index is -2.87. The van der Waals surface area contributed by atoms with Crippen LogP contribution in [0.25, 0.3) is 0 Å². The Kier molecular flexibility index (Phi) is 3.88. The summed E-state index contributed by atoms with van der Waals surface area (Å²) in [5.41, 5.74) is 0. The monoisotopic (exact) mass is 169 g/mol. The van der Waals surface area contributed by atoms with Crippen LogP contribution in [-0.4, -0.2) is 27.1 Å². The Labute approximate surface area is 59.1 Å². The topological polar surface area (TPSA) is 105 Å². The van der Waals surface area contributed by atoms with E-state index in [1.165, 1.54) is 0 Å². The lowest BCUT2D eigenvalue weighted by Crippen LogP contribution is -2.37. The third-order valence-corrected chi connectivity index (χ3v) is 0.778. The van der Waals surface area contributed by atoms with E-state index >= 15 is 0 Å². The van der Waals surface area contributed by atoms with Crippen LogP contribution in [0.2, 0.25) is 0 Å².